The van der Waals surface area contributed by atoms with E-state index in [1.54, 1.807) is 6.92 Å². The van der Waals surface area contributed by atoms with E-state index in [9.17, 15) is 18.0 Å². The van der Waals surface area contributed by atoms with Gasteiger partial charge in [0.2, 0.25) is 5.91 Å². The lowest BCUT2D eigenvalue weighted by atomic mass is 10.1. The highest BCUT2D eigenvalue weighted by molar-refractivity contribution is 6.31. The highest BCUT2D eigenvalue weighted by Gasteiger charge is 2.34. The summed E-state index contributed by atoms with van der Waals surface area (Å²) in [5.41, 5.74) is 0.257. The van der Waals surface area contributed by atoms with Gasteiger partial charge in [-0.2, -0.15) is 13.2 Å². The van der Waals surface area contributed by atoms with E-state index >= 15 is 0 Å². The number of hydrogen-bond donors (Lipinski definition) is 1. The minimum atomic E-state index is -4.57. The molecule has 3 rings (SSSR count). The van der Waals surface area contributed by atoms with Crippen molar-refractivity contribution >= 4 is 28.9 Å². The number of nitrogens with one attached hydrogen (secondary N) is 1. The third-order valence-corrected chi connectivity index (χ3v) is 5.23. The molecule has 28 heavy (non-hydrogen) atoms. The van der Waals surface area contributed by atoms with Gasteiger partial charge in [-0.3, -0.25) is 9.69 Å². The standard InChI is InChI=1S/C20H21ClF3N3O/c1-14(26-9-11-27(12-10-26)16-5-3-2-4-6-16)19(28)25-15-7-8-18(21)17(13-15)20(22,23)24/h2-8,13-14H,9-12H2,1H3,(H,25,28)/t14-/m0/s1. The monoisotopic (exact) mass is 411 g/mol. The van der Waals surface area contributed by atoms with Crippen molar-refractivity contribution in [2.24, 2.45) is 0 Å². The van der Waals surface area contributed by atoms with E-state index in [0.717, 1.165) is 30.9 Å². The summed E-state index contributed by atoms with van der Waals surface area (Å²) >= 11 is 5.62. The summed E-state index contributed by atoms with van der Waals surface area (Å²) in [6.45, 7) is 4.70. The summed E-state index contributed by atoms with van der Waals surface area (Å²) < 4.78 is 38.9. The molecule has 1 saturated heterocycles. The van der Waals surface area contributed by atoms with E-state index in [0.29, 0.717) is 13.1 Å². The number of para-hydroxylation sites is 1. The van der Waals surface area contributed by atoms with Crippen molar-refractivity contribution in [3.05, 3.63) is 59.1 Å². The van der Waals surface area contributed by atoms with Crippen molar-refractivity contribution in [1.29, 1.82) is 0 Å². The van der Waals surface area contributed by atoms with Crippen LogP contribution in [0, 0.1) is 0 Å². The number of carbonyl (C=O) groups excluding carboxylic acids is 1. The number of alkyl halides is 3. The predicted molar refractivity (Wildman–Crippen MR) is 105 cm³/mol. The lowest BCUT2D eigenvalue weighted by Crippen LogP contribution is -2.52. The average molecular weight is 412 g/mol. The minimum absolute atomic E-state index is 0.0801. The SMILES string of the molecule is C[C@@H](C(=O)Nc1ccc(Cl)c(C(F)(F)F)c1)N1CCN(c2ccccc2)CC1. The van der Waals surface area contributed by atoms with Crippen molar-refractivity contribution < 1.29 is 18.0 Å². The highest BCUT2D eigenvalue weighted by atomic mass is 35.5. The van der Waals surface area contributed by atoms with Gasteiger partial charge in [-0.15, -0.1) is 0 Å². The number of nitrogens with zero attached hydrogens (tertiary/aromatic N) is 2. The maximum Gasteiger partial charge on any atom is 0.417 e. The Morgan fingerprint density at radius 3 is 2.32 bits per heavy atom. The van der Waals surface area contributed by atoms with Crippen LogP contribution in [0.4, 0.5) is 24.5 Å². The van der Waals surface area contributed by atoms with E-state index in [2.05, 4.69) is 10.2 Å². The van der Waals surface area contributed by atoms with Crippen LogP contribution in [0.5, 0.6) is 0 Å². The highest BCUT2D eigenvalue weighted by Crippen LogP contribution is 2.36. The molecule has 2 aromatic carbocycles. The summed E-state index contributed by atoms with van der Waals surface area (Å²) in [4.78, 5) is 16.8. The largest absolute Gasteiger partial charge is 0.417 e. The van der Waals surface area contributed by atoms with Gasteiger partial charge in [0.1, 0.15) is 0 Å². The molecule has 4 nitrogen and oxygen atoms in total. The summed E-state index contributed by atoms with van der Waals surface area (Å²) in [7, 11) is 0. The zero-order valence-electron chi connectivity index (χ0n) is 15.3. The van der Waals surface area contributed by atoms with Gasteiger partial charge >= 0.3 is 6.18 Å². The smallest absolute Gasteiger partial charge is 0.369 e. The van der Waals surface area contributed by atoms with Crippen molar-refractivity contribution in [3.63, 3.8) is 0 Å². The minimum Gasteiger partial charge on any atom is -0.369 e. The summed E-state index contributed by atoms with van der Waals surface area (Å²) in [6.07, 6.45) is -4.57. The van der Waals surface area contributed by atoms with E-state index in [1.165, 1.54) is 6.07 Å². The molecule has 8 heteroatoms. The van der Waals surface area contributed by atoms with Crippen molar-refractivity contribution in [1.82, 2.24) is 4.90 Å². The molecule has 1 atom stereocenters. The van der Waals surface area contributed by atoms with Crippen LogP contribution in [-0.4, -0.2) is 43.0 Å². The first kappa shape index (κ1) is 20.5. The quantitative estimate of drug-likeness (QED) is 0.804. The van der Waals surface area contributed by atoms with Crippen molar-refractivity contribution in [2.45, 2.75) is 19.1 Å². The fraction of sp³-hybridized carbons (Fsp3) is 0.350. The zero-order chi connectivity index (χ0) is 20.3. The predicted octanol–water partition coefficient (Wildman–Crippen LogP) is 4.51. The van der Waals surface area contributed by atoms with Crippen LogP contribution in [0.2, 0.25) is 5.02 Å². The Labute approximate surface area is 166 Å². The normalized spacial score (nSPS) is 16.7. The molecule has 2 aromatic rings. The molecule has 0 aliphatic carbocycles. The van der Waals surface area contributed by atoms with E-state index in [-0.39, 0.29) is 11.6 Å². The van der Waals surface area contributed by atoms with E-state index in [1.807, 2.05) is 35.2 Å². The number of benzene rings is 2. The molecule has 0 bridgehead atoms. The maximum absolute atomic E-state index is 13.0. The second-order valence-electron chi connectivity index (χ2n) is 6.72. The van der Waals surface area contributed by atoms with Gasteiger partial charge < -0.3 is 10.2 Å². The number of halogens is 4. The van der Waals surface area contributed by atoms with Crippen LogP contribution in [0.15, 0.2) is 48.5 Å². The fourth-order valence-electron chi connectivity index (χ4n) is 3.24. The van der Waals surface area contributed by atoms with Crippen LogP contribution in [-0.2, 0) is 11.0 Å². The molecule has 1 aliphatic heterocycles. The second kappa shape index (κ2) is 8.41. The number of amides is 1. The number of anilines is 2. The summed E-state index contributed by atoms with van der Waals surface area (Å²) in [5, 5.41) is 2.18. The third kappa shape index (κ3) is 4.77. The Hall–Kier alpha value is -2.25. The molecular weight excluding hydrogens is 391 g/mol. The Morgan fingerprint density at radius 1 is 1.07 bits per heavy atom. The zero-order valence-corrected chi connectivity index (χ0v) is 16.1. The first-order chi connectivity index (χ1) is 13.3. The molecule has 0 radical (unpaired) electrons. The Balaban J connectivity index is 1.60. The molecule has 0 unspecified atom stereocenters. The fourth-order valence-corrected chi connectivity index (χ4v) is 3.46. The third-order valence-electron chi connectivity index (χ3n) is 4.90. The summed E-state index contributed by atoms with van der Waals surface area (Å²) in [5.74, 6) is -0.344. The van der Waals surface area contributed by atoms with Crippen LogP contribution >= 0.6 is 11.6 Å². The number of hydrogen-bond acceptors (Lipinski definition) is 3. The Bertz CT molecular complexity index is 821. The average Bonchev–Trinajstić information content (AvgIpc) is 2.69. The van der Waals surface area contributed by atoms with Gasteiger partial charge in [0, 0.05) is 37.6 Å². The molecule has 1 N–H and O–H groups in total. The van der Waals surface area contributed by atoms with Crippen molar-refractivity contribution in [3.8, 4) is 0 Å². The molecule has 1 amide bonds. The first-order valence-electron chi connectivity index (χ1n) is 8.97. The van der Waals surface area contributed by atoms with Gasteiger partial charge in [-0.25, -0.2) is 0 Å². The number of piperazine rings is 1. The van der Waals surface area contributed by atoms with Crippen molar-refractivity contribution in [2.75, 3.05) is 36.4 Å². The molecule has 0 spiro atoms. The number of carbonyl (C=O) groups is 1. The number of rotatable bonds is 4. The van der Waals surface area contributed by atoms with Crippen LogP contribution in [0.1, 0.15) is 12.5 Å². The van der Waals surface area contributed by atoms with Gasteiger partial charge in [-0.1, -0.05) is 29.8 Å². The molecular formula is C20H21ClF3N3O. The summed E-state index contributed by atoms with van der Waals surface area (Å²) in [6, 6.07) is 12.9. The Morgan fingerprint density at radius 2 is 1.71 bits per heavy atom. The maximum atomic E-state index is 13.0. The molecule has 0 aromatic heterocycles. The lowest BCUT2D eigenvalue weighted by molar-refractivity contribution is -0.137. The lowest BCUT2D eigenvalue weighted by Gasteiger charge is -2.38. The molecule has 150 valence electrons. The van der Waals surface area contributed by atoms with E-state index in [4.69, 9.17) is 11.6 Å². The van der Waals surface area contributed by atoms with Gasteiger partial charge in [0.15, 0.2) is 0 Å². The van der Waals surface area contributed by atoms with Crippen LogP contribution in [0.25, 0.3) is 0 Å². The van der Waals surface area contributed by atoms with Gasteiger partial charge in [0.25, 0.3) is 0 Å². The molecule has 0 saturated carbocycles. The first-order valence-corrected chi connectivity index (χ1v) is 9.35. The Kier molecular flexibility index (Phi) is 6.15. The second-order valence-corrected chi connectivity index (χ2v) is 7.12. The topological polar surface area (TPSA) is 35.6 Å². The van der Waals surface area contributed by atoms with Crippen LogP contribution in [0.3, 0.4) is 0 Å². The molecule has 1 fully saturated rings. The van der Waals surface area contributed by atoms with Crippen LogP contribution < -0.4 is 10.2 Å². The van der Waals surface area contributed by atoms with E-state index < -0.39 is 22.8 Å². The molecule has 1 aliphatic rings. The van der Waals surface area contributed by atoms with Gasteiger partial charge in [0.05, 0.1) is 16.6 Å². The van der Waals surface area contributed by atoms with Gasteiger partial charge in [-0.05, 0) is 37.3 Å². The molecule has 1 heterocycles.